The van der Waals surface area contributed by atoms with Gasteiger partial charge in [0, 0.05) is 32.9 Å². The zero-order valence-electron chi connectivity index (χ0n) is 31.3. The van der Waals surface area contributed by atoms with Crippen LogP contribution in [0.5, 0.6) is 0 Å². The SMILES string of the molecule is c1ccc(C(c2ccccc2)(c2ccccc2)c2ccc3c(c2)c2ccccc2n3-c2ccc(-c3cccc(-n4c5ccccc5c5ccccc54)c3)cc2)cc1. The second kappa shape index (κ2) is 13.4. The highest BCUT2D eigenvalue weighted by atomic mass is 15.0. The summed E-state index contributed by atoms with van der Waals surface area (Å²) in [5.41, 5.74) is 13.9. The molecule has 0 bridgehead atoms. The summed E-state index contributed by atoms with van der Waals surface area (Å²) in [7, 11) is 0. The third-order valence-corrected chi connectivity index (χ3v) is 11.9. The second-order valence-electron chi connectivity index (χ2n) is 14.9. The van der Waals surface area contributed by atoms with Crippen molar-refractivity contribution >= 4 is 43.6 Å². The van der Waals surface area contributed by atoms with Crippen LogP contribution in [0.3, 0.4) is 0 Å². The summed E-state index contributed by atoms with van der Waals surface area (Å²) in [6, 6.07) is 84.2. The van der Waals surface area contributed by atoms with E-state index in [1.54, 1.807) is 0 Å². The average molecular weight is 727 g/mol. The van der Waals surface area contributed by atoms with Gasteiger partial charge in [0.25, 0.3) is 0 Å². The van der Waals surface area contributed by atoms with Gasteiger partial charge in [0.15, 0.2) is 0 Å². The molecule has 0 radical (unpaired) electrons. The maximum absolute atomic E-state index is 2.44. The summed E-state index contributed by atoms with van der Waals surface area (Å²) in [6.07, 6.45) is 0. The van der Waals surface area contributed by atoms with E-state index in [4.69, 9.17) is 0 Å². The largest absolute Gasteiger partial charge is 0.309 e. The molecule has 57 heavy (non-hydrogen) atoms. The van der Waals surface area contributed by atoms with Crippen LogP contribution in [0, 0.1) is 0 Å². The van der Waals surface area contributed by atoms with Crippen LogP contribution in [-0.4, -0.2) is 9.13 Å². The Hall–Kier alpha value is -7.42. The highest BCUT2D eigenvalue weighted by Gasteiger charge is 2.38. The van der Waals surface area contributed by atoms with E-state index >= 15 is 0 Å². The lowest BCUT2D eigenvalue weighted by Crippen LogP contribution is -2.30. The molecule has 0 saturated heterocycles. The lowest BCUT2D eigenvalue weighted by molar-refractivity contribution is 0.746. The molecule has 268 valence electrons. The topological polar surface area (TPSA) is 9.86 Å². The molecule has 9 aromatic carbocycles. The number of nitrogens with zero attached hydrogens (tertiary/aromatic N) is 2. The van der Waals surface area contributed by atoms with E-state index in [9.17, 15) is 0 Å². The van der Waals surface area contributed by atoms with Gasteiger partial charge in [-0.05, 0) is 88.0 Å². The van der Waals surface area contributed by atoms with E-state index in [0.717, 1.165) is 11.4 Å². The molecule has 2 heterocycles. The summed E-state index contributed by atoms with van der Waals surface area (Å²) >= 11 is 0. The molecule has 2 aromatic heterocycles. The molecule has 0 fully saturated rings. The fraction of sp³-hybridized carbons (Fsp3) is 0.0182. The molecular weight excluding hydrogens is 689 g/mol. The Labute approximate surface area is 332 Å². The minimum atomic E-state index is -0.517. The molecule has 0 spiro atoms. The van der Waals surface area contributed by atoms with Crippen molar-refractivity contribution in [2.45, 2.75) is 5.41 Å². The third-order valence-electron chi connectivity index (χ3n) is 11.9. The van der Waals surface area contributed by atoms with Crippen LogP contribution in [0.2, 0.25) is 0 Å². The third kappa shape index (κ3) is 5.18. The van der Waals surface area contributed by atoms with Crippen molar-refractivity contribution in [1.82, 2.24) is 9.13 Å². The molecular formula is C55H38N2. The van der Waals surface area contributed by atoms with Gasteiger partial charge in [-0.2, -0.15) is 0 Å². The van der Waals surface area contributed by atoms with Crippen LogP contribution in [-0.2, 0) is 5.41 Å². The van der Waals surface area contributed by atoms with Crippen molar-refractivity contribution in [1.29, 1.82) is 0 Å². The molecule has 0 aliphatic heterocycles. The highest BCUT2D eigenvalue weighted by molar-refractivity contribution is 6.10. The summed E-state index contributed by atoms with van der Waals surface area (Å²) in [6.45, 7) is 0. The van der Waals surface area contributed by atoms with E-state index in [0.29, 0.717) is 0 Å². The molecule has 0 N–H and O–H groups in total. The maximum Gasteiger partial charge on any atom is 0.0701 e. The summed E-state index contributed by atoms with van der Waals surface area (Å²) < 4.78 is 4.80. The van der Waals surface area contributed by atoms with Crippen LogP contribution < -0.4 is 0 Å². The first-order chi connectivity index (χ1) is 28.3. The number of benzene rings is 9. The Morgan fingerprint density at radius 2 is 0.684 bits per heavy atom. The smallest absolute Gasteiger partial charge is 0.0701 e. The Morgan fingerprint density at radius 1 is 0.246 bits per heavy atom. The maximum atomic E-state index is 2.44. The first kappa shape index (κ1) is 33.0. The molecule has 2 nitrogen and oxygen atoms in total. The number of para-hydroxylation sites is 3. The lowest BCUT2D eigenvalue weighted by atomic mass is 9.65. The van der Waals surface area contributed by atoms with Gasteiger partial charge in [-0.3, -0.25) is 0 Å². The van der Waals surface area contributed by atoms with Crippen LogP contribution in [0.1, 0.15) is 22.3 Å². The average Bonchev–Trinajstić information content (AvgIpc) is 3.81. The quantitative estimate of drug-likeness (QED) is 0.145. The molecule has 0 atom stereocenters. The van der Waals surface area contributed by atoms with Crippen molar-refractivity contribution in [3.8, 4) is 22.5 Å². The van der Waals surface area contributed by atoms with Crippen LogP contribution in [0.15, 0.2) is 231 Å². The molecule has 11 rings (SSSR count). The van der Waals surface area contributed by atoms with Gasteiger partial charge in [-0.1, -0.05) is 176 Å². The number of hydrogen-bond acceptors (Lipinski definition) is 0. The number of hydrogen-bond donors (Lipinski definition) is 0. The normalized spacial score (nSPS) is 11.9. The zero-order chi connectivity index (χ0) is 37.8. The number of fused-ring (bicyclic) bond motifs is 6. The van der Waals surface area contributed by atoms with Gasteiger partial charge in [0.1, 0.15) is 0 Å². The first-order valence-electron chi connectivity index (χ1n) is 19.7. The van der Waals surface area contributed by atoms with E-state index in [2.05, 4.69) is 240 Å². The number of rotatable bonds is 7. The molecule has 0 unspecified atom stereocenters. The van der Waals surface area contributed by atoms with Crippen LogP contribution in [0.25, 0.3) is 66.1 Å². The Morgan fingerprint density at radius 3 is 1.21 bits per heavy atom. The fourth-order valence-electron chi connectivity index (χ4n) is 9.38. The molecule has 0 aliphatic carbocycles. The number of aromatic nitrogens is 2. The van der Waals surface area contributed by atoms with Crippen molar-refractivity contribution in [2.75, 3.05) is 0 Å². The molecule has 0 saturated carbocycles. The monoisotopic (exact) mass is 726 g/mol. The van der Waals surface area contributed by atoms with Gasteiger partial charge in [-0.15, -0.1) is 0 Å². The standard InChI is InChI=1S/C55H38N2/c1-4-18-41(19-5-1)55(42-20-6-2-7-21-42,43-22-8-3-9-23-43)44-33-36-54-50(38-44)49-27-12-15-30-53(49)56(54)45-34-31-39(32-35-45)40-17-16-24-46(37-40)57-51-28-13-10-25-47(51)48-26-11-14-29-52(48)57/h1-38H. The summed E-state index contributed by atoms with van der Waals surface area (Å²) in [5.74, 6) is 0. The van der Waals surface area contributed by atoms with Crippen LogP contribution >= 0.6 is 0 Å². The van der Waals surface area contributed by atoms with E-state index in [1.807, 2.05) is 0 Å². The Kier molecular flexibility index (Phi) is 7.75. The minimum absolute atomic E-state index is 0.517. The lowest BCUT2D eigenvalue weighted by Gasteiger charge is -2.37. The van der Waals surface area contributed by atoms with Crippen molar-refractivity contribution in [3.05, 3.63) is 253 Å². The minimum Gasteiger partial charge on any atom is -0.309 e. The predicted molar refractivity (Wildman–Crippen MR) is 239 cm³/mol. The summed E-state index contributed by atoms with van der Waals surface area (Å²) in [4.78, 5) is 0. The van der Waals surface area contributed by atoms with E-state index in [1.165, 1.54) is 77.0 Å². The van der Waals surface area contributed by atoms with Crippen LogP contribution in [0.4, 0.5) is 0 Å². The molecule has 11 aromatic rings. The molecule has 2 heteroatoms. The summed E-state index contributed by atoms with van der Waals surface area (Å²) in [5, 5.41) is 5.01. The van der Waals surface area contributed by atoms with Gasteiger partial charge in [-0.25, -0.2) is 0 Å². The van der Waals surface area contributed by atoms with Crippen molar-refractivity contribution in [2.24, 2.45) is 0 Å². The second-order valence-corrected chi connectivity index (χ2v) is 14.9. The van der Waals surface area contributed by atoms with Gasteiger partial charge < -0.3 is 9.13 Å². The highest BCUT2D eigenvalue weighted by Crippen LogP contribution is 2.47. The van der Waals surface area contributed by atoms with Gasteiger partial charge in [0.2, 0.25) is 0 Å². The van der Waals surface area contributed by atoms with Gasteiger partial charge >= 0.3 is 0 Å². The predicted octanol–water partition coefficient (Wildman–Crippen LogP) is 13.9. The zero-order valence-corrected chi connectivity index (χ0v) is 31.3. The molecule has 0 aliphatic rings. The van der Waals surface area contributed by atoms with Gasteiger partial charge in [0.05, 0.1) is 27.5 Å². The first-order valence-corrected chi connectivity index (χ1v) is 19.7. The molecule has 0 amide bonds. The Bertz CT molecular complexity index is 3060. The van der Waals surface area contributed by atoms with Crippen molar-refractivity contribution in [3.63, 3.8) is 0 Å². The van der Waals surface area contributed by atoms with E-state index in [-0.39, 0.29) is 0 Å². The van der Waals surface area contributed by atoms with Crippen molar-refractivity contribution < 1.29 is 0 Å². The fourth-order valence-corrected chi connectivity index (χ4v) is 9.38. The van der Waals surface area contributed by atoms with E-state index < -0.39 is 5.41 Å². The Balaban J connectivity index is 1.05.